The van der Waals surface area contributed by atoms with Crippen molar-refractivity contribution in [2.45, 2.75) is 25.8 Å². The summed E-state index contributed by atoms with van der Waals surface area (Å²) in [6.45, 7) is 2.88. The first-order chi connectivity index (χ1) is 10.7. The van der Waals surface area contributed by atoms with E-state index in [-0.39, 0.29) is 11.9 Å². The highest BCUT2D eigenvalue weighted by atomic mass is 16.2. The van der Waals surface area contributed by atoms with Gasteiger partial charge in [0.25, 0.3) is 5.91 Å². The molecule has 1 aliphatic heterocycles. The molecular formula is C19H22N2O. The van der Waals surface area contributed by atoms with Gasteiger partial charge in [0, 0.05) is 19.3 Å². The lowest BCUT2D eigenvalue weighted by Crippen LogP contribution is -2.36. The highest BCUT2D eigenvalue weighted by Gasteiger charge is 2.27. The van der Waals surface area contributed by atoms with Crippen LogP contribution in [0.3, 0.4) is 0 Å². The fourth-order valence-corrected chi connectivity index (χ4v) is 3.12. The van der Waals surface area contributed by atoms with Gasteiger partial charge >= 0.3 is 0 Å². The molecule has 22 heavy (non-hydrogen) atoms. The standard InChI is InChI=1S/C19H22N2O/c1-3-8-16-11-7-14-21(16)19(22)18-13-12-17(20(18)2)15-9-5-4-6-10-15/h4-7,9-13,16H,3,8,14H2,1-2H3/t16-/m1/s1. The van der Waals surface area contributed by atoms with Crippen molar-refractivity contribution in [3.05, 3.63) is 60.3 Å². The van der Waals surface area contributed by atoms with Crippen LogP contribution in [0.5, 0.6) is 0 Å². The Labute approximate surface area is 131 Å². The molecule has 0 aliphatic carbocycles. The minimum Gasteiger partial charge on any atom is -0.340 e. The minimum atomic E-state index is 0.119. The zero-order valence-corrected chi connectivity index (χ0v) is 13.2. The summed E-state index contributed by atoms with van der Waals surface area (Å²) < 4.78 is 2.00. The Morgan fingerprint density at radius 1 is 1.18 bits per heavy atom. The van der Waals surface area contributed by atoms with Crippen LogP contribution in [0.4, 0.5) is 0 Å². The zero-order chi connectivity index (χ0) is 15.5. The quantitative estimate of drug-likeness (QED) is 0.786. The molecule has 0 saturated heterocycles. The number of carbonyl (C=O) groups excluding carboxylic acids is 1. The SMILES string of the molecule is CCC[C@@H]1C=CCN1C(=O)c1ccc(-c2ccccc2)n1C. The monoisotopic (exact) mass is 294 g/mol. The van der Waals surface area contributed by atoms with Crippen molar-refractivity contribution in [1.29, 1.82) is 0 Å². The lowest BCUT2D eigenvalue weighted by Gasteiger charge is -2.24. The van der Waals surface area contributed by atoms with Gasteiger partial charge in [0.15, 0.2) is 0 Å². The zero-order valence-electron chi connectivity index (χ0n) is 13.2. The van der Waals surface area contributed by atoms with E-state index >= 15 is 0 Å². The second-order valence-electron chi connectivity index (χ2n) is 5.77. The van der Waals surface area contributed by atoms with Crippen LogP contribution in [0.25, 0.3) is 11.3 Å². The van der Waals surface area contributed by atoms with Crippen LogP contribution < -0.4 is 0 Å². The molecule has 0 radical (unpaired) electrons. The third-order valence-corrected chi connectivity index (χ3v) is 4.32. The Morgan fingerprint density at radius 3 is 2.68 bits per heavy atom. The van der Waals surface area contributed by atoms with E-state index in [4.69, 9.17) is 0 Å². The Kier molecular flexibility index (Phi) is 4.14. The van der Waals surface area contributed by atoms with Crippen molar-refractivity contribution in [1.82, 2.24) is 9.47 Å². The summed E-state index contributed by atoms with van der Waals surface area (Å²) in [5.74, 6) is 0.119. The van der Waals surface area contributed by atoms with Gasteiger partial charge in [-0.3, -0.25) is 4.79 Å². The fourth-order valence-electron chi connectivity index (χ4n) is 3.12. The van der Waals surface area contributed by atoms with E-state index in [1.54, 1.807) is 0 Å². The van der Waals surface area contributed by atoms with E-state index in [2.05, 4.69) is 31.2 Å². The Morgan fingerprint density at radius 2 is 1.95 bits per heavy atom. The van der Waals surface area contributed by atoms with Crippen molar-refractivity contribution in [3.8, 4) is 11.3 Å². The Bertz CT molecular complexity index is 685. The second-order valence-corrected chi connectivity index (χ2v) is 5.77. The number of hydrogen-bond acceptors (Lipinski definition) is 1. The van der Waals surface area contributed by atoms with E-state index in [0.29, 0.717) is 0 Å². The van der Waals surface area contributed by atoms with Gasteiger partial charge in [0.2, 0.25) is 0 Å². The summed E-state index contributed by atoms with van der Waals surface area (Å²) in [7, 11) is 1.97. The molecule has 3 nitrogen and oxygen atoms in total. The first-order valence-electron chi connectivity index (χ1n) is 7.91. The van der Waals surface area contributed by atoms with Gasteiger partial charge in [0.1, 0.15) is 5.69 Å². The number of rotatable bonds is 4. The molecule has 1 atom stereocenters. The van der Waals surface area contributed by atoms with Crippen LogP contribution in [0.15, 0.2) is 54.6 Å². The summed E-state index contributed by atoms with van der Waals surface area (Å²) in [5, 5.41) is 0. The second kappa shape index (κ2) is 6.22. The smallest absolute Gasteiger partial charge is 0.271 e. The summed E-state index contributed by atoms with van der Waals surface area (Å²) in [4.78, 5) is 14.8. The maximum absolute atomic E-state index is 12.9. The van der Waals surface area contributed by atoms with Gasteiger partial charge in [0.05, 0.1) is 6.04 Å². The largest absolute Gasteiger partial charge is 0.340 e. The van der Waals surface area contributed by atoms with Crippen molar-refractivity contribution < 1.29 is 4.79 Å². The molecule has 114 valence electrons. The van der Waals surface area contributed by atoms with Gasteiger partial charge in [-0.15, -0.1) is 0 Å². The Balaban J connectivity index is 1.87. The Hall–Kier alpha value is -2.29. The molecule has 3 heteroatoms. The first kappa shape index (κ1) is 14.6. The van der Waals surface area contributed by atoms with Gasteiger partial charge in [-0.05, 0) is 24.1 Å². The molecule has 0 saturated carbocycles. The van der Waals surface area contributed by atoms with Crippen LogP contribution in [0.1, 0.15) is 30.3 Å². The van der Waals surface area contributed by atoms with Gasteiger partial charge in [-0.2, -0.15) is 0 Å². The number of aromatic nitrogens is 1. The van der Waals surface area contributed by atoms with Crippen molar-refractivity contribution in [2.24, 2.45) is 7.05 Å². The molecule has 1 aromatic heterocycles. The predicted octanol–water partition coefficient (Wildman–Crippen LogP) is 3.87. The van der Waals surface area contributed by atoms with Gasteiger partial charge in [-0.1, -0.05) is 55.8 Å². The third kappa shape index (κ3) is 2.59. The van der Waals surface area contributed by atoms with Crippen molar-refractivity contribution >= 4 is 5.91 Å². The fraction of sp³-hybridized carbons (Fsp3) is 0.316. The number of benzene rings is 1. The van der Waals surface area contributed by atoms with Crippen LogP contribution in [0, 0.1) is 0 Å². The molecule has 2 heterocycles. The van der Waals surface area contributed by atoms with Gasteiger partial charge < -0.3 is 9.47 Å². The summed E-state index contributed by atoms with van der Waals surface area (Å²) >= 11 is 0. The molecule has 0 N–H and O–H groups in total. The molecule has 3 rings (SSSR count). The summed E-state index contributed by atoms with van der Waals surface area (Å²) in [5.41, 5.74) is 2.96. The van der Waals surface area contributed by atoms with Gasteiger partial charge in [-0.25, -0.2) is 0 Å². The molecule has 1 aromatic carbocycles. The van der Waals surface area contributed by atoms with E-state index in [1.165, 1.54) is 0 Å². The van der Waals surface area contributed by atoms with E-state index in [0.717, 1.165) is 36.3 Å². The minimum absolute atomic E-state index is 0.119. The van der Waals surface area contributed by atoms with Crippen LogP contribution in [0.2, 0.25) is 0 Å². The van der Waals surface area contributed by atoms with E-state index in [1.807, 2.05) is 46.8 Å². The van der Waals surface area contributed by atoms with E-state index < -0.39 is 0 Å². The number of nitrogens with zero attached hydrogens (tertiary/aromatic N) is 2. The van der Waals surface area contributed by atoms with Crippen molar-refractivity contribution in [3.63, 3.8) is 0 Å². The normalized spacial score (nSPS) is 17.2. The molecule has 0 fully saturated rings. The maximum Gasteiger partial charge on any atom is 0.271 e. The average molecular weight is 294 g/mol. The van der Waals surface area contributed by atoms with Crippen molar-refractivity contribution in [2.75, 3.05) is 6.54 Å². The molecule has 2 aromatic rings. The highest BCUT2D eigenvalue weighted by molar-refractivity contribution is 5.94. The number of amides is 1. The number of carbonyl (C=O) groups is 1. The molecular weight excluding hydrogens is 272 g/mol. The molecule has 1 amide bonds. The molecule has 0 unspecified atom stereocenters. The van der Waals surface area contributed by atoms with Crippen LogP contribution in [-0.4, -0.2) is 28.0 Å². The van der Waals surface area contributed by atoms with E-state index in [9.17, 15) is 4.79 Å². The topological polar surface area (TPSA) is 25.2 Å². The molecule has 0 bridgehead atoms. The molecule has 0 spiro atoms. The highest BCUT2D eigenvalue weighted by Crippen LogP contribution is 2.24. The number of hydrogen-bond donors (Lipinski definition) is 0. The summed E-state index contributed by atoms with van der Waals surface area (Å²) in [6, 6.07) is 14.4. The third-order valence-electron chi connectivity index (χ3n) is 4.32. The average Bonchev–Trinajstić information content (AvgIpc) is 3.15. The summed E-state index contributed by atoms with van der Waals surface area (Å²) in [6.07, 6.45) is 6.36. The lowest BCUT2D eigenvalue weighted by molar-refractivity contribution is 0.0735. The predicted molar refractivity (Wildman–Crippen MR) is 89.7 cm³/mol. The van der Waals surface area contributed by atoms with Crippen LogP contribution in [-0.2, 0) is 7.05 Å². The first-order valence-corrected chi connectivity index (χ1v) is 7.91. The maximum atomic E-state index is 12.9. The lowest BCUT2D eigenvalue weighted by atomic mass is 10.1. The molecule has 1 aliphatic rings. The van der Waals surface area contributed by atoms with Crippen LogP contribution >= 0.6 is 0 Å².